The summed E-state index contributed by atoms with van der Waals surface area (Å²) < 4.78 is 27.1. The third-order valence-electron chi connectivity index (χ3n) is 7.06. The number of nitrogens with one attached hydrogen (secondary N) is 2. The Balaban J connectivity index is 1.40. The fraction of sp³-hybridized carbons (Fsp3) is 0.640. The van der Waals surface area contributed by atoms with Gasteiger partial charge in [0.05, 0.1) is 18.7 Å². The molecule has 0 unspecified atom stereocenters. The van der Waals surface area contributed by atoms with Crippen LogP contribution in [0.25, 0.3) is 0 Å². The van der Waals surface area contributed by atoms with Crippen LogP contribution in [0.1, 0.15) is 73.3 Å². The molecule has 0 spiro atoms. The van der Waals surface area contributed by atoms with Gasteiger partial charge in [-0.3, -0.25) is 4.79 Å². The molecule has 2 aliphatic rings. The predicted octanol–water partition coefficient (Wildman–Crippen LogP) is 5.14. The molecular formula is C25H36IN5O3S3. The SMILES string of the molecule is CSc1sc(C(=O)N[C@H]2CC[C@@H](Nc3nc4c(c(N(C)C)n3)CCCC4)CC2)c(I)c1S(=O)(=O)C(C)C. The number of hydrogen-bond acceptors (Lipinski definition) is 9. The van der Waals surface area contributed by atoms with Gasteiger partial charge in [0.25, 0.3) is 5.91 Å². The average Bonchev–Trinajstić information content (AvgIpc) is 3.21. The summed E-state index contributed by atoms with van der Waals surface area (Å²) in [6.07, 6.45) is 9.79. The molecule has 0 atom stereocenters. The maximum absolute atomic E-state index is 13.2. The lowest BCUT2D eigenvalue weighted by Crippen LogP contribution is -2.40. The van der Waals surface area contributed by atoms with Gasteiger partial charge >= 0.3 is 0 Å². The smallest absolute Gasteiger partial charge is 0.262 e. The second kappa shape index (κ2) is 12.0. The first-order chi connectivity index (χ1) is 17.5. The van der Waals surface area contributed by atoms with Crippen molar-refractivity contribution in [1.29, 1.82) is 0 Å². The summed E-state index contributed by atoms with van der Waals surface area (Å²) in [5, 5.41) is 6.19. The molecule has 4 rings (SSSR count). The Bertz CT molecular complexity index is 1250. The minimum atomic E-state index is -3.47. The molecule has 1 fully saturated rings. The molecule has 2 heterocycles. The number of thioether (sulfide) groups is 1. The molecule has 204 valence electrons. The second-order valence-electron chi connectivity index (χ2n) is 10.2. The van der Waals surface area contributed by atoms with E-state index in [0.29, 0.717) is 23.5 Å². The average molecular weight is 678 g/mol. The van der Waals surface area contributed by atoms with Crippen LogP contribution >= 0.6 is 45.7 Å². The van der Waals surface area contributed by atoms with Crippen molar-refractivity contribution >= 4 is 73.2 Å². The van der Waals surface area contributed by atoms with Crippen LogP contribution < -0.4 is 15.5 Å². The summed E-state index contributed by atoms with van der Waals surface area (Å²) in [7, 11) is 0.601. The fourth-order valence-corrected chi connectivity index (χ4v) is 10.9. The predicted molar refractivity (Wildman–Crippen MR) is 161 cm³/mol. The van der Waals surface area contributed by atoms with Gasteiger partial charge in [-0.2, -0.15) is 4.98 Å². The zero-order valence-corrected chi connectivity index (χ0v) is 26.7. The summed E-state index contributed by atoms with van der Waals surface area (Å²) in [6.45, 7) is 3.35. The van der Waals surface area contributed by atoms with Crippen molar-refractivity contribution in [3.63, 3.8) is 0 Å². The lowest BCUT2D eigenvalue weighted by atomic mass is 9.91. The number of nitrogens with zero attached hydrogens (tertiary/aromatic N) is 3. The maximum atomic E-state index is 13.2. The Morgan fingerprint density at radius 3 is 2.38 bits per heavy atom. The highest BCUT2D eigenvalue weighted by molar-refractivity contribution is 14.1. The number of rotatable bonds is 8. The number of hydrogen-bond donors (Lipinski definition) is 2. The number of aryl methyl sites for hydroxylation is 1. The van der Waals surface area contributed by atoms with E-state index in [1.807, 2.05) is 42.9 Å². The molecular weight excluding hydrogens is 641 g/mol. The maximum Gasteiger partial charge on any atom is 0.262 e. The van der Waals surface area contributed by atoms with Gasteiger partial charge in [-0.15, -0.1) is 23.1 Å². The van der Waals surface area contributed by atoms with E-state index in [9.17, 15) is 13.2 Å². The van der Waals surface area contributed by atoms with E-state index in [1.54, 1.807) is 13.8 Å². The number of carbonyl (C=O) groups excluding carboxylic acids is 1. The molecule has 2 aliphatic carbocycles. The fourth-order valence-electron chi connectivity index (χ4n) is 4.96. The van der Waals surface area contributed by atoms with E-state index in [1.165, 1.54) is 47.2 Å². The van der Waals surface area contributed by atoms with Crippen LogP contribution in [0.4, 0.5) is 11.8 Å². The Labute approximate surface area is 242 Å². The minimum Gasteiger partial charge on any atom is -0.362 e. The van der Waals surface area contributed by atoms with E-state index in [0.717, 1.165) is 44.3 Å². The number of sulfone groups is 1. The van der Waals surface area contributed by atoms with Crippen LogP contribution in [0.2, 0.25) is 0 Å². The Hall–Kier alpha value is -1.12. The lowest BCUT2D eigenvalue weighted by Gasteiger charge is -2.30. The number of anilines is 2. The normalized spacial score (nSPS) is 20.0. The number of thiophene rings is 1. The summed E-state index contributed by atoms with van der Waals surface area (Å²) in [4.78, 5) is 25.7. The van der Waals surface area contributed by atoms with Crippen molar-refractivity contribution in [2.75, 3.05) is 30.6 Å². The van der Waals surface area contributed by atoms with Gasteiger partial charge < -0.3 is 15.5 Å². The monoisotopic (exact) mass is 677 g/mol. The van der Waals surface area contributed by atoms with Gasteiger partial charge in [0.2, 0.25) is 5.95 Å². The first-order valence-electron chi connectivity index (χ1n) is 12.8. The Morgan fingerprint density at radius 1 is 1.11 bits per heavy atom. The van der Waals surface area contributed by atoms with Crippen molar-refractivity contribution in [2.45, 2.75) is 91.7 Å². The zero-order valence-electron chi connectivity index (χ0n) is 22.1. The van der Waals surface area contributed by atoms with Crippen LogP contribution in [-0.4, -0.2) is 62.0 Å². The van der Waals surface area contributed by atoms with Crippen molar-refractivity contribution in [3.05, 3.63) is 19.7 Å². The van der Waals surface area contributed by atoms with Crippen LogP contribution in [0, 0.1) is 3.57 Å². The third-order valence-corrected chi connectivity index (χ3v) is 13.7. The first-order valence-corrected chi connectivity index (χ1v) is 17.4. The molecule has 0 aromatic carbocycles. The number of aromatic nitrogens is 2. The van der Waals surface area contributed by atoms with Crippen molar-refractivity contribution < 1.29 is 13.2 Å². The topological polar surface area (TPSA) is 104 Å². The molecule has 2 aromatic heterocycles. The van der Waals surface area contributed by atoms with Crippen molar-refractivity contribution in [3.8, 4) is 0 Å². The molecule has 0 aliphatic heterocycles. The highest BCUT2D eigenvalue weighted by atomic mass is 127. The van der Waals surface area contributed by atoms with Gasteiger partial charge in [-0.05, 0) is 94.1 Å². The number of amides is 1. The largest absolute Gasteiger partial charge is 0.362 e. The lowest BCUT2D eigenvalue weighted by molar-refractivity contribution is 0.0929. The molecule has 2 aromatic rings. The summed E-state index contributed by atoms with van der Waals surface area (Å²) >= 11 is 4.68. The summed E-state index contributed by atoms with van der Waals surface area (Å²) in [5.74, 6) is 1.54. The van der Waals surface area contributed by atoms with E-state index in [4.69, 9.17) is 9.97 Å². The van der Waals surface area contributed by atoms with Crippen molar-refractivity contribution in [2.24, 2.45) is 0 Å². The standard InChI is InChI=1S/C25H36IN5O3S3/c1-14(2)37(33,34)21-19(26)20(36-24(21)35-5)23(32)27-15-10-12-16(13-11-15)28-25-29-18-9-7-6-8-17(18)22(30-25)31(3)4/h14-16H,6-13H2,1-5H3,(H,27,32)(H,28,29,30)/t15-,16+. The summed E-state index contributed by atoms with van der Waals surface area (Å²) in [6, 6.07) is 0.325. The minimum absolute atomic E-state index is 0.0631. The van der Waals surface area contributed by atoms with E-state index in [-0.39, 0.29) is 18.0 Å². The number of carbonyl (C=O) groups is 1. The highest BCUT2D eigenvalue weighted by Gasteiger charge is 2.33. The molecule has 2 N–H and O–H groups in total. The second-order valence-corrected chi connectivity index (χ2v) is 15.8. The van der Waals surface area contributed by atoms with E-state index >= 15 is 0 Å². The van der Waals surface area contributed by atoms with E-state index in [2.05, 4.69) is 15.5 Å². The molecule has 1 saturated carbocycles. The van der Waals surface area contributed by atoms with E-state index < -0.39 is 15.1 Å². The highest BCUT2D eigenvalue weighted by Crippen LogP contribution is 2.41. The Morgan fingerprint density at radius 2 is 1.76 bits per heavy atom. The molecule has 12 heteroatoms. The molecule has 1 amide bonds. The van der Waals surface area contributed by atoms with Crippen LogP contribution in [0.15, 0.2) is 9.10 Å². The number of halogens is 1. The quantitative estimate of drug-likeness (QED) is 0.293. The third kappa shape index (κ3) is 6.22. The molecule has 8 nitrogen and oxygen atoms in total. The molecule has 37 heavy (non-hydrogen) atoms. The van der Waals surface area contributed by atoms with Crippen LogP contribution in [0.5, 0.6) is 0 Å². The molecule has 0 radical (unpaired) electrons. The van der Waals surface area contributed by atoms with Crippen molar-refractivity contribution in [1.82, 2.24) is 15.3 Å². The molecule has 0 bridgehead atoms. The molecule has 0 saturated heterocycles. The van der Waals surface area contributed by atoms with Gasteiger partial charge in [0.15, 0.2) is 9.84 Å². The summed E-state index contributed by atoms with van der Waals surface area (Å²) in [5.41, 5.74) is 2.45. The number of fused-ring (bicyclic) bond motifs is 1. The van der Waals surface area contributed by atoms with Gasteiger partial charge in [-0.25, -0.2) is 13.4 Å². The van der Waals surface area contributed by atoms with Gasteiger partial charge in [0, 0.05) is 31.7 Å². The van der Waals surface area contributed by atoms with Gasteiger partial charge in [-0.1, -0.05) is 0 Å². The van der Waals surface area contributed by atoms with Crippen LogP contribution in [-0.2, 0) is 22.7 Å². The van der Waals surface area contributed by atoms with Crippen LogP contribution in [0.3, 0.4) is 0 Å². The first kappa shape index (κ1) is 28.9. The van der Waals surface area contributed by atoms with Gasteiger partial charge in [0.1, 0.15) is 15.6 Å². The Kier molecular flexibility index (Phi) is 9.33. The zero-order chi connectivity index (χ0) is 26.9.